The van der Waals surface area contributed by atoms with Crippen LogP contribution in [-0.2, 0) is 0 Å². The average molecular weight is 431 g/mol. The van der Waals surface area contributed by atoms with E-state index in [4.69, 9.17) is 8.83 Å². The fourth-order valence-corrected chi connectivity index (χ4v) is 3.82. The van der Waals surface area contributed by atoms with Gasteiger partial charge in [0.05, 0.1) is 17.7 Å². The van der Waals surface area contributed by atoms with Gasteiger partial charge in [-0.3, -0.25) is 14.5 Å². The summed E-state index contributed by atoms with van der Waals surface area (Å²) in [5, 5.41) is 3.32. The highest BCUT2D eigenvalue weighted by Gasteiger charge is 2.26. The SMILES string of the molecule is O=C(NC[C@H](c1ccco1)N1CCCC1)c1cc(=O)c2cc(Br)ccc2o1. The van der Waals surface area contributed by atoms with E-state index in [2.05, 4.69) is 26.1 Å². The third-order valence-electron chi connectivity index (χ3n) is 4.82. The first-order chi connectivity index (χ1) is 13.1. The highest BCUT2D eigenvalue weighted by atomic mass is 79.9. The number of rotatable bonds is 5. The van der Waals surface area contributed by atoms with Crippen molar-refractivity contribution in [2.75, 3.05) is 19.6 Å². The molecule has 0 aliphatic carbocycles. The van der Waals surface area contributed by atoms with Crippen LogP contribution in [0.4, 0.5) is 0 Å². The third-order valence-corrected chi connectivity index (χ3v) is 5.32. The van der Waals surface area contributed by atoms with E-state index in [1.165, 1.54) is 6.07 Å². The van der Waals surface area contributed by atoms with Gasteiger partial charge in [-0.1, -0.05) is 15.9 Å². The summed E-state index contributed by atoms with van der Waals surface area (Å²) in [5.41, 5.74) is 0.141. The van der Waals surface area contributed by atoms with Crippen LogP contribution in [0.2, 0.25) is 0 Å². The van der Waals surface area contributed by atoms with Gasteiger partial charge in [-0.2, -0.15) is 0 Å². The van der Waals surface area contributed by atoms with Crippen LogP contribution in [0, 0.1) is 0 Å². The number of furan rings is 1. The largest absolute Gasteiger partial charge is 0.468 e. The van der Waals surface area contributed by atoms with Gasteiger partial charge in [-0.25, -0.2) is 0 Å². The second-order valence-electron chi connectivity index (χ2n) is 6.60. The Hall–Kier alpha value is -2.38. The van der Waals surface area contributed by atoms with Gasteiger partial charge in [-0.15, -0.1) is 0 Å². The predicted molar refractivity (Wildman–Crippen MR) is 105 cm³/mol. The molecule has 1 N–H and O–H groups in total. The first kappa shape index (κ1) is 18.0. The molecule has 4 rings (SSSR count). The first-order valence-electron chi connectivity index (χ1n) is 8.91. The molecule has 0 unspecified atom stereocenters. The van der Waals surface area contributed by atoms with Gasteiger partial charge in [0, 0.05) is 17.1 Å². The van der Waals surface area contributed by atoms with Gasteiger partial charge in [-0.05, 0) is 56.3 Å². The maximum Gasteiger partial charge on any atom is 0.287 e. The summed E-state index contributed by atoms with van der Waals surface area (Å²) < 4.78 is 12.0. The molecule has 0 radical (unpaired) electrons. The summed E-state index contributed by atoms with van der Waals surface area (Å²) in [7, 11) is 0. The number of amides is 1. The lowest BCUT2D eigenvalue weighted by molar-refractivity contribution is 0.0906. The number of nitrogens with zero attached hydrogens (tertiary/aromatic N) is 1. The molecule has 0 bridgehead atoms. The minimum Gasteiger partial charge on any atom is -0.468 e. The quantitative estimate of drug-likeness (QED) is 0.667. The minimum atomic E-state index is -0.410. The van der Waals surface area contributed by atoms with Crippen LogP contribution in [-0.4, -0.2) is 30.4 Å². The smallest absolute Gasteiger partial charge is 0.287 e. The molecule has 1 fully saturated rings. The number of carbonyl (C=O) groups is 1. The molecule has 7 heteroatoms. The molecule has 3 aromatic rings. The molecule has 27 heavy (non-hydrogen) atoms. The van der Waals surface area contributed by atoms with Crippen LogP contribution >= 0.6 is 15.9 Å². The summed E-state index contributed by atoms with van der Waals surface area (Å²) in [4.78, 5) is 27.2. The number of fused-ring (bicyclic) bond motifs is 1. The number of nitrogens with one attached hydrogen (secondary N) is 1. The topological polar surface area (TPSA) is 75.7 Å². The Morgan fingerprint density at radius 3 is 2.78 bits per heavy atom. The van der Waals surface area contributed by atoms with E-state index >= 15 is 0 Å². The molecule has 1 saturated heterocycles. The van der Waals surface area contributed by atoms with Gasteiger partial charge in [0.2, 0.25) is 0 Å². The zero-order valence-corrected chi connectivity index (χ0v) is 16.2. The van der Waals surface area contributed by atoms with Crippen molar-refractivity contribution in [3.8, 4) is 0 Å². The molecular formula is C20H19BrN2O4. The third kappa shape index (κ3) is 3.84. The second kappa shape index (κ2) is 7.70. The van der Waals surface area contributed by atoms with Crippen LogP contribution in [0.15, 0.2) is 60.8 Å². The van der Waals surface area contributed by atoms with E-state index in [0.29, 0.717) is 17.5 Å². The van der Waals surface area contributed by atoms with E-state index in [1.807, 2.05) is 12.1 Å². The summed E-state index contributed by atoms with van der Waals surface area (Å²) in [6.45, 7) is 2.33. The Morgan fingerprint density at radius 1 is 1.22 bits per heavy atom. The molecule has 1 atom stereocenters. The molecule has 1 aliphatic heterocycles. The molecule has 1 aromatic carbocycles. The fraction of sp³-hybridized carbons (Fsp3) is 0.300. The molecule has 6 nitrogen and oxygen atoms in total. The van der Waals surface area contributed by atoms with E-state index in [-0.39, 0.29) is 17.2 Å². The highest BCUT2D eigenvalue weighted by molar-refractivity contribution is 9.10. The Morgan fingerprint density at radius 2 is 2.04 bits per heavy atom. The Labute approximate surface area is 164 Å². The predicted octanol–water partition coefficient (Wildman–Crippen LogP) is 3.72. The minimum absolute atomic E-state index is 0.00874. The van der Waals surface area contributed by atoms with Crippen molar-refractivity contribution in [3.05, 3.63) is 68.9 Å². The fourth-order valence-electron chi connectivity index (χ4n) is 3.46. The van der Waals surface area contributed by atoms with Crippen LogP contribution in [0.5, 0.6) is 0 Å². The highest BCUT2D eigenvalue weighted by Crippen LogP contribution is 2.25. The zero-order valence-electron chi connectivity index (χ0n) is 14.6. The number of likely N-dealkylation sites (tertiary alicyclic amines) is 1. The summed E-state index contributed by atoms with van der Waals surface area (Å²) >= 11 is 3.33. The van der Waals surface area contributed by atoms with Crippen molar-refractivity contribution >= 4 is 32.8 Å². The number of carbonyl (C=O) groups excluding carboxylic acids is 1. The van der Waals surface area contributed by atoms with Crippen molar-refractivity contribution in [1.29, 1.82) is 0 Å². The van der Waals surface area contributed by atoms with Crippen molar-refractivity contribution in [2.24, 2.45) is 0 Å². The molecule has 2 aromatic heterocycles. The number of benzene rings is 1. The molecule has 0 spiro atoms. The van der Waals surface area contributed by atoms with Crippen LogP contribution in [0.25, 0.3) is 11.0 Å². The van der Waals surface area contributed by atoms with Crippen molar-refractivity contribution in [2.45, 2.75) is 18.9 Å². The molecule has 3 heterocycles. The molecular weight excluding hydrogens is 412 g/mol. The second-order valence-corrected chi connectivity index (χ2v) is 7.52. The first-order valence-corrected chi connectivity index (χ1v) is 9.70. The Balaban J connectivity index is 1.53. The zero-order chi connectivity index (χ0) is 18.8. The summed E-state index contributed by atoms with van der Waals surface area (Å²) in [6.07, 6.45) is 3.92. The molecule has 1 amide bonds. The van der Waals surface area contributed by atoms with Crippen LogP contribution in [0.1, 0.15) is 35.2 Å². The van der Waals surface area contributed by atoms with Gasteiger partial charge in [0.25, 0.3) is 5.91 Å². The van der Waals surface area contributed by atoms with Gasteiger partial charge in [0.15, 0.2) is 11.2 Å². The monoisotopic (exact) mass is 430 g/mol. The standard InChI is InChI=1S/C20H19BrN2O4/c21-13-5-6-17-14(10-13)16(24)11-19(27-17)20(25)22-12-15(18-4-3-9-26-18)23-7-1-2-8-23/h3-6,9-11,15H,1-2,7-8,12H2,(H,22,25)/t15-/m1/s1. The molecule has 0 saturated carbocycles. The van der Waals surface area contributed by atoms with E-state index in [1.54, 1.807) is 24.5 Å². The lowest BCUT2D eigenvalue weighted by Gasteiger charge is -2.25. The lowest BCUT2D eigenvalue weighted by Crippen LogP contribution is -2.36. The normalized spacial score (nSPS) is 15.9. The number of hydrogen-bond donors (Lipinski definition) is 1. The van der Waals surface area contributed by atoms with Gasteiger partial charge < -0.3 is 14.2 Å². The van der Waals surface area contributed by atoms with E-state index in [0.717, 1.165) is 36.2 Å². The number of hydrogen-bond acceptors (Lipinski definition) is 5. The number of halogens is 1. The van der Waals surface area contributed by atoms with Gasteiger partial charge in [0.1, 0.15) is 11.3 Å². The van der Waals surface area contributed by atoms with E-state index in [9.17, 15) is 9.59 Å². The van der Waals surface area contributed by atoms with E-state index < -0.39 is 5.91 Å². The Kier molecular flexibility index (Phi) is 5.13. The molecule has 1 aliphatic rings. The van der Waals surface area contributed by atoms with Crippen molar-refractivity contribution < 1.29 is 13.6 Å². The van der Waals surface area contributed by atoms with Crippen LogP contribution in [0.3, 0.4) is 0 Å². The average Bonchev–Trinajstić information content (AvgIpc) is 3.36. The lowest BCUT2D eigenvalue weighted by atomic mass is 10.2. The van der Waals surface area contributed by atoms with Crippen molar-refractivity contribution in [1.82, 2.24) is 10.2 Å². The van der Waals surface area contributed by atoms with Gasteiger partial charge >= 0.3 is 0 Å². The Bertz CT molecular complexity index is 1010. The maximum atomic E-state index is 12.6. The summed E-state index contributed by atoms with van der Waals surface area (Å²) in [6, 6.07) is 10.1. The van der Waals surface area contributed by atoms with Crippen molar-refractivity contribution in [3.63, 3.8) is 0 Å². The summed E-state index contributed by atoms with van der Waals surface area (Å²) in [5.74, 6) is 0.420. The van der Waals surface area contributed by atoms with Crippen LogP contribution < -0.4 is 10.7 Å². The molecule has 140 valence electrons. The maximum absolute atomic E-state index is 12.6.